The Morgan fingerprint density at radius 2 is 1.66 bits per heavy atom. The Bertz CT molecular complexity index is 1960. The van der Waals surface area contributed by atoms with Gasteiger partial charge < -0.3 is 25.5 Å². The summed E-state index contributed by atoms with van der Waals surface area (Å²) in [6.45, 7) is 0.467. The van der Waals surface area contributed by atoms with Crippen molar-refractivity contribution in [2.75, 3.05) is 5.32 Å². The van der Waals surface area contributed by atoms with E-state index in [-0.39, 0.29) is 12.1 Å². The normalized spacial score (nSPS) is 16.7. The van der Waals surface area contributed by atoms with Crippen LogP contribution in [0.2, 0.25) is 0 Å². The van der Waals surface area contributed by atoms with Crippen molar-refractivity contribution in [3.63, 3.8) is 0 Å². The van der Waals surface area contributed by atoms with Crippen LogP contribution < -0.4 is 15.8 Å². The number of aliphatic hydroxyl groups is 1. The standard InChI is InChI=1S/C37H34N4O3/c38-37(43)31-18-15-27(20-33(31)40-26-13-16-28(42)17-14-26)41-34-11-5-4-9-32(34)36-30(10-6-12-35(36)41)25-19-29(22-39-21-25)44-23-24-7-2-1-3-8-24/h1-12,15,18-22,26,28,40,42H,13-14,16-17,23H2,(H2,38,43). The molecule has 1 saturated carbocycles. The number of fused-ring (bicyclic) bond motifs is 3. The average molecular weight is 583 g/mol. The second kappa shape index (κ2) is 11.9. The molecule has 0 saturated heterocycles. The second-order valence-corrected chi connectivity index (χ2v) is 11.5. The van der Waals surface area contributed by atoms with E-state index in [1.807, 2.05) is 60.8 Å². The van der Waals surface area contributed by atoms with Crippen molar-refractivity contribution in [2.24, 2.45) is 5.73 Å². The lowest BCUT2D eigenvalue weighted by atomic mass is 9.92. The van der Waals surface area contributed by atoms with Gasteiger partial charge in [-0.25, -0.2) is 0 Å². The van der Waals surface area contributed by atoms with Crippen LogP contribution in [0.1, 0.15) is 41.6 Å². The predicted octanol–water partition coefficient (Wildman–Crippen LogP) is 7.24. The van der Waals surface area contributed by atoms with E-state index in [0.717, 1.165) is 69.9 Å². The molecule has 1 amide bonds. The van der Waals surface area contributed by atoms with E-state index in [1.54, 1.807) is 12.3 Å². The molecule has 0 unspecified atom stereocenters. The molecule has 1 aliphatic rings. The molecule has 2 heterocycles. The lowest BCUT2D eigenvalue weighted by molar-refractivity contribution is 0.100. The van der Waals surface area contributed by atoms with Gasteiger partial charge in [0, 0.05) is 39.9 Å². The van der Waals surface area contributed by atoms with Gasteiger partial charge in [0.05, 0.1) is 28.9 Å². The number of pyridine rings is 1. The maximum atomic E-state index is 12.4. The predicted molar refractivity (Wildman–Crippen MR) is 175 cm³/mol. The van der Waals surface area contributed by atoms with E-state index in [4.69, 9.17) is 10.5 Å². The Balaban J connectivity index is 1.31. The zero-order valence-corrected chi connectivity index (χ0v) is 24.3. The third kappa shape index (κ3) is 5.38. The van der Waals surface area contributed by atoms with Gasteiger partial charge in [0.2, 0.25) is 0 Å². The minimum Gasteiger partial charge on any atom is -0.487 e. The minimum absolute atomic E-state index is 0.167. The van der Waals surface area contributed by atoms with Gasteiger partial charge in [-0.2, -0.15) is 0 Å². The Morgan fingerprint density at radius 3 is 2.48 bits per heavy atom. The van der Waals surface area contributed by atoms with E-state index < -0.39 is 5.91 Å². The number of nitrogens with two attached hydrogens (primary N) is 1. The summed E-state index contributed by atoms with van der Waals surface area (Å²) in [4.78, 5) is 16.9. The quantitative estimate of drug-likeness (QED) is 0.176. The van der Waals surface area contributed by atoms with E-state index in [0.29, 0.717) is 23.6 Å². The van der Waals surface area contributed by atoms with Crippen molar-refractivity contribution in [3.8, 4) is 22.6 Å². The number of benzene rings is 4. The third-order valence-corrected chi connectivity index (χ3v) is 8.55. The fourth-order valence-corrected chi connectivity index (χ4v) is 6.37. The third-order valence-electron chi connectivity index (χ3n) is 8.55. The summed E-state index contributed by atoms with van der Waals surface area (Å²) >= 11 is 0. The number of anilines is 1. The number of nitrogens with zero attached hydrogens (tertiary/aromatic N) is 2. The fraction of sp³-hybridized carbons (Fsp3) is 0.189. The van der Waals surface area contributed by atoms with Gasteiger partial charge >= 0.3 is 0 Å². The molecular weight excluding hydrogens is 548 g/mol. The summed E-state index contributed by atoms with van der Waals surface area (Å²) < 4.78 is 8.35. The van der Waals surface area contributed by atoms with Gasteiger partial charge in [-0.3, -0.25) is 9.78 Å². The van der Waals surface area contributed by atoms with Crippen LogP contribution in [0.5, 0.6) is 5.75 Å². The molecule has 0 radical (unpaired) electrons. The van der Waals surface area contributed by atoms with Crippen LogP contribution >= 0.6 is 0 Å². The number of rotatable bonds is 8. The molecule has 0 bridgehead atoms. The number of ether oxygens (including phenoxy) is 1. The Kier molecular flexibility index (Phi) is 7.46. The first-order valence-electron chi connectivity index (χ1n) is 15.1. The van der Waals surface area contributed by atoms with Crippen LogP contribution in [0.4, 0.5) is 5.69 Å². The molecule has 6 aromatic rings. The zero-order chi connectivity index (χ0) is 30.0. The van der Waals surface area contributed by atoms with E-state index in [2.05, 4.69) is 51.3 Å². The monoisotopic (exact) mass is 582 g/mol. The van der Waals surface area contributed by atoms with Gasteiger partial charge in [-0.1, -0.05) is 60.7 Å². The molecule has 7 nitrogen and oxygen atoms in total. The summed E-state index contributed by atoms with van der Waals surface area (Å²) in [5, 5.41) is 15.8. The molecule has 0 atom stereocenters. The second-order valence-electron chi connectivity index (χ2n) is 11.5. The highest BCUT2D eigenvalue weighted by Gasteiger charge is 2.22. The van der Waals surface area contributed by atoms with Gasteiger partial charge in [-0.15, -0.1) is 0 Å². The van der Waals surface area contributed by atoms with Crippen LogP contribution in [0.15, 0.2) is 109 Å². The Morgan fingerprint density at radius 1 is 0.886 bits per heavy atom. The smallest absolute Gasteiger partial charge is 0.250 e. The summed E-state index contributed by atoms with van der Waals surface area (Å²) in [6.07, 6.45) is 6.53. The lowest BCUT2D eigenvalue weighted by Gasteiger charge is -2.28. The fourth-order valence-electron chi connectivity index (χ4n) is 6.37. The Hall–Kier alpha value is -5.14. The molecule has 7 rings (SSSR count). The first kappa shape index (κ1) is 27.7. The van der Waals surface area contributed by atoms with E-state index >= 15 is 0 Å². The van der Waals surface area contributed by atoms with Crippen molar-refractivity contribution < 1.29 is 14.6 Å². The number of hydrogen-bond donors (Lipinski definition) is 3. The number of carbonyl (C=O) groups excluding carboxylic acids is 1. The number of para-hydroxylation sites is 1. The maximum absolute atomic E-state index is 12.4. The van der Waals surface area contributed by atoms with Crippen molar-refractivity contribution in [1.82, 2.24) is 9.55 Å². The number of nitrogens with one attached hydrogen (secondary N) is 1. The molecule has 220 valence electrons. The number of carbonyl (C=O) groups is 1. The van der Waals surface area contributed by atoms with Crippen LogP contribution in [0.25, 0.3) is 38.6 Å². The number of amides is 1. The molecule has 1 aliphatic carbocycles. The van der Waals surface area contributed by atoms with Crippen LogP contribution in [-0.2, 0) is 6.61 Å². The molecule has 1 fully saturated rings. The summed E-state index contributed by atoms with van der Waals surface area (Å²) in [5.41, 5.74) is 13.1. The number of primary amides is 1. The van der Waals surface area contributed by atoms with E-state index in [1.165, 1.54) is 0 Å². The van der Waals surface area contributed by atoms with Crippen molar-refractivity contribution in [2.45, 2.75) is 44.4 Å². The number of aliphatic hydroxyl groups excluding tert-OH is 1. The highest BCUT2D eigenvalue weighted by molar-refractivity contribution is 6.15. The molecule has 0 spiro atoms. The molecule has 2 aromatic heterocycles. The number of hydrogen-bond acceptors (Lipinski definition) is 5. The van der Waals surface area contributed by atoms with Crippen LogP contribution in [0.3, 0.4) is 0 Å². The maximum Gasteiger partial charge on any atom is 0.250 e. The van der Waals surface area contributed by atoms with E-state index in [9.17, 15) is 9.90 Å². The van der Waals surface area contributed by atoms with Crippen LogP contribution in [-0.4, -0.2) is 32.7 Å². The Labute approximate surface area is 255 Å². The summed E-state index contributed by atoms with van der Waals surface area (Å²) in [5.74, 6) is 0.237. The largest absolute Gasteiger partial charge is 0.487 e. The highest BCUT2D eigenvalue weighted by Crippen LogP contribution is 2.39. The molecule has 7 heteroatoms. The topological polar surface area (TPSA) is 102 Å². The summed E-state index contributed by atoms with van der Waals surface area (Å²) in [6, 6.07) is 32.8. The highest BCUT2D eigenvalue weighted by atomic mass is 16.5. The van der Waals surface area contributed by atoms with Gasteiger partial charge in [0.1, 0.15) is 12.4 Å². The first-order valence-corrected chi connectivity index (χ1v) is 15.1. The molecule has 0 aliphatic heterocycles. The SMILES string of the molecule is NC(=O)c1ccc(-n2c3ccccc3c3c(-c4cncc(OCc5ccccc5)c4)cccc32)cc1NC1CCC(O)CC1. The minimum atomic E-state index is -0.471. The van der Waals surface area contributed by atoms with Crippen molar-refractivity contribution in [3.05, 3.63) is 121 Å². The molecule has 4 N–H and O–H groups in total. The first-order chi connectivity index (χ1) is 21.5. The molecule has 44 heavy (non-hydrogen) atoms. The number of aromatic nitrogens is 2. The van der Waals surface area contributed by atoms with Crippen molar-refractivity contribution >= 4 is 33.4 Å². The average Bonchev–Trinajstić information content (AvgIpc) is 3.40. The zero-order valence-electron chi connectivity index (χ0n) is 24.3. The molecule has 4 aromatic carbocycles. The van der Waals surface area contributed by atoms with Crippen LogP contribution in [0, 0.1) is 0 Å². The lowest BCUT2D eigenvalue weighted by Crippen LogP contribution is -2.29. The van der Waals surface area contributed by atoms with Gasteiger partial charge in [0.15, 0.2) is 0 Å². The molecular formula is C37H34N4O3. The van der Waals surface area contributed by atoms with Crippen molar-refractivity contribution in [1.29, 1.82) is 0 Å². The summed E-state index contributed by atoms with van der Waals surface area (Å²) in [7, 11) is 0. The van der Waals surface area contributed by atoms with Gasteiger partial charge in [-0.05, 0) is 73.2 Å². The van der Waals surface area contributed by atoms with Gasteiger partial charge in [0.25, 0.3) is 5.91 Å².